The van der Waals surface area contributed by atoms with Crippen LogP contribution >= 0.6 is 11.3 Å². The quantitative estimate of drug-likeness (QED) is 0.820. The fourth-order valence-electron chi connectivity index (χ4n) is 3.27. The monoisotopic (exact) mass is 311 g/mol. The van der Waals surface area contributed by atoms with E-state index >= 15 is 0 Å². The second kappa shape index (κ2) is 7.65. The molecule has 0 amide bonds. The summed E-state index contributed by atoms with van der Waals surface area (Å²) in [6, 6.07) is 0. The molecule has 2 fully saturated rings. The number of fused-ring (bicyclic) bond motifs is 1. The van der Waals surface area contributed by atoms with Gasteiger partial charge in [-0.25, -0.2) is 4.98 Å². The number of nitrogens with zero attached hydrogens (tertiary/aromatic N) is 3. The summed E-state index contributed by atoms with van der Waals surface area (Å²) in [5, 5.41) is 3.27. The van der Waals surface area contributed by atoms with Crippen LogP contribution in [0.1, 0.15) is 11.4 Å². The third-order valence-corrected chi connectivity index (χ3v) is 5.23. The van der Waals surface area contributed by atoms with E-state index in [9.17, 15) is 0 Å². The summed E-state index contributed by atoms with van der Waals surface area (Å²) in [7, 11) is 1.77. The van der Waals surface area contributed by atoms with Gasteiger partial charge in [0, 0.05) is 50.8 Å². The van der Waals surface area contributed by atoms with Crippen molar-refractivity contribution in [3.63, 3.8) is 0 Å². The van der Waals surface area contributed by atoms with Crippen molar-refractivity contribution in [2.45, 2.75) is 19.1 Å². The maximum absolute atomic E-state index is 6.13. The van der Waals surface area contributed by atoms with Crippen molar-refractivity contribution in [3.8, 4) is 0 Å². The molecule has 0 saturated carbocycles. The van der Waals surface area contributed by atoms with E-state index in [1.165, 1.54) is 11.4 Å². The van der Waals surface area contributed by atoms with Gasteiger partial charge in [-0.2, -0.15) is 0 Å². The van der Waals surface area contributed by atoms with E-state index in [-0.39, 0.29) is 0 Å². The minimum Gasteiger partial charge on any atom is -0.383 e. The minimum atomic E-state index is 0.381. The van der Waals surface area contributed by atoms with E-state index in [2.05, 4.69) is 20.2 Å². The first kappa shape index (κ1) is 15.4. The van der Waals surface area contributed by atoms with Crippen LogP contribution in [-0.4, -0.2) is 73.9 Å². The molecule has 3 rings (SSSR count). The fourth-order valence-corrected chi connectivity index (χ4v) is 3.93. The third kappa shape index (κ3) is 4.23. The average molecular weight is 311 g/mol. The van der Waals surface area contributed by atoms with Crippen LogP contribution in [0, 0.1) is 5.92 Å². The van der Waals surface area contributed by atoms with Crippen LogP contribution in [0.5, 0.6) is 0 Å². The van der Waals surface area contributed by atoms with E-state index < -0.39 is 0 Å². The molecular weight excluding hydrogens is 286 g/mol. The van der Waals surface area contributed by atoms with Crippen LogP contribution in [0.4, 0.5) is 0 Å². The molecular formula is C15H25N3O2S. The van der Waals surface area contributed by atoms with Gasteiger partial charge >= 0.3 is 0 Å². The van der Waals surface area contributed by atoms with Gasteiger partial charge in [-0.1, -0.05) is 0 Å². The highest BCUT2D eigenvalue weighted by molar-refractivity contribution is 7.09. The van der Waals surface area contributed by atoms with Gasteiger partial charge in [0.1, 0.15) is 5.01 Å². The predicted molar refractivity (Wildman–Crippen MR) is 83.6 cm³/mol. The highest BCUT2D eigenvalue weighted by atomic mass is 32.1. The molecule has 0 bridgehead atoms. The van der Waals surface area contributed by atoms with Crippen molar-refractivity contribution in [1.29, 1.82) is 0 Å². The molecule has 0 aliphatic carbocycles. The van der Waals surface area contributed by atoms with Crippen LogP contribution in [0.3, 0.4) is 0 Å². The summed E-state index contributed by atoms with van der Waals surface area (Å²) in [5.41, 5.74) is 0. The zero-order chi connectivity index (χ0) is 14.5. The first-order valence-corrected chi connectivity index (χ1v) is 8.66. The Bertz CT molecular complexity index is 415. The second-order valence-electron chi connectivity index (χ2n) is 5.91. The number of aromatic nitrogens is 1. The van der Waals surface area contributed by atoms with Gasteiger partial charge in [-0.15, -0.1) is 11.3 Å². The zero-order valence-electron chi connectivity index (χ0n) is 12.7. The number of rotatable bonds is 5. The van der Waals surface area contributed by atoms with Crippen LogP contribution in [0.2, 0.25) is 0 Å². The van der Waals surface area contributed by atoms with Gasteiger partial charge in [-0.05, 0) is 13.0 Å². The smallest absolute Gasteiger partial charge is 0.107 e. The molecule has 21 heavy (non-hydrogen) atoms. The van der Waals surface area contributed by atoms with E-state index in [0.29, 0.717) is 12.0 Å². The van der Waals surface area contributed by atoms with Gasteiger partial charge in [0.05, 0.1) is 25.9 Å². The Morgan fingerprint density at radius 2 is 2.33 bits per heavy atom. The van der Waals surface area contributed by atoms with Gasteiger partial charge in [0.15, 0.2) is 0 Å². The summed E-state index contributed by atoms with van der Waals surface area (Å²) in [5.74, 6) is 0.664. The Hall–Kier alpha value is -0.530. The first-order valence-electron chi connectivity index (χ1n) is 7.79. The van der Waals surface area contributed by atoms with Crippen molar-refractivity contribution in [2.24, 2.45) is 5.92 Å². The zero-order valence-corrected chi connectivity index (χ0v) is 13.6. The van der Waals surface area contributed by atoms with E-state index in [0.717, 1.165) is 52.5 Å². The fraction of sp³-hybridized carbons (Fsp3) is 0.800. The molecule has 5 nitrogen and oxygen atoms in total. The maximum Gasteiger partial charge on any atom is 0.107 e. The standard InChI is InChI=1S/C15H25N3O2S/c1-19-7-5-17-6-8-20-14-11-18(4-2-13(14)10-17)12-15-16-3-9-21-15/h3,9,13-14H,2,4-8,10-12H2,1H3/t13-,14-/m0/s1. The minimum absolute atomic E-state index is 0.381. The summed E-state index contributed by atoms with van der Waals surface area (Å²) < 4.78 is 11.3. The molecule has 1 aromatic rings. The summed E-state index contributed by atoms with van der Waals surface area (Å²) >= 11 is 1.74. The molecule has 118 valence electrons. The van der Waals surface area contributed by atoms with Crippen molar-refractivity contribution in [3.05, 3.63) is 16.6 Å². The Morgan fingerprint density at radius 3 is 3.14 bits per heavy atom. The molecule has 0 radical (unpaired) electrons. The highest BCUT2D eigenvalue weighted by Crippen LogP contribution is 2.25. The number of hydrogen-bond acceptors (Lipinski definition) is 6. The summed E-state index contributed by atoms with van der Waals surface area (Å²) in [4.78, 5) is 9.37. The molecule has 2 aliphatic rings. The number of thiazole rings is 1. The number of hydrogen-bond donors (Lipinski definition) is 0. The van der Waals surface area contributed by atoms with Crippen LogP contribution in [-0.2, 0) is 16.0 Å². The van der Waals surface area contributed by atoms with Gasteiger partial charge in [0.2, 0.25) is 0 Å². The SMILES string of the molecule is COCCN1CCO[C@H]2CN(Cc3nccs3)CC[C@H]2C1. The Balaban J connectivity index is 1.52. The van der Waals surface area contributed by atoms with Gasteiger partial charge < -0.3 is 9.47 Å². The van der Waals surface area contributed by atoms with Gasteiger partial charge in [0.25, 0.3) is 0 Å². The van der Waals surface area contributed by atoms with E-state index in [1.807, 2.05) is 6.20 Å². The molecule has 3 heterocycles. The molecule has 0 aromatic carbocycles. The number of piperidine rings is 1. The average Bonchev–Trinajstić information content (AvgIpc) is 2.91. The lowest BCUT2D eigenvalue weighted by molar-refractivity contribution is -0.0242. The highest BCUT2D eigenvalue weighted by Gasteiger charge is 2.33. The topological polar surface area (TPSA) is 37.8 Å². The molecule has 0 spiro atoms. The lowest BCUT2D eigenvalue weighted by Crippen LogP contribution is -2.46. The number of likely N-dealkylation sites (tertiary alicyclic amines) is 1. The lowest BCUT2D eigenvalue weighted by atomic mass is 9.93. The van der Waals surface area contributed by atoms with Crippen LogP contribution in [0.15, 0.2) is 11.6 Å². The van der Waals surface area contributed by atoms with Gasteiger partial charge in [-0.3, -0.25) is 9.80 Å². The van der Waals surface area contributed by atoms with E-state index in [1.54, 1.807) is 18.4 Å². The Kier molecular flexibility index (Phi) is 5.60. The molecule has 2 atom stereocenters. The maximum atomic E-state index is 6.13. The van der Waals surface area contributed by atoms with Crippen molar-refractivity contribution < 1.29 is 9.47 Å². The second-order valence-corrected chi connectivity index (χ2v) is 6.89. The molecule has 0 N–H and O–H groups in total. The van der Waals surface area contributed by atoms with Crippen molar-refractivity contribution >= 4 is 11.3 Å². The summed E-state index contributed by atoms with van der Waals surface area (Å²) in [6.45, 7) is 8.03. The number of ether oxygens (including phenoxy) is 2. The molecule has 2 aliphatic heterocycles. The molecule has 6 heteroatoms. The van der Waals surface area contributed by atoms with Crippen molar-refractivity contribution in [1.82, 2.24) is 14.8 Å². The van der Waals surface area contributed by atoms with E-state index in [4.69, 9.17) is 9.47 Å². The Labute approximate surface area is 130 Å². The van der Waals surface area contributed by atoms with Crippen LogP contribution < -0.4 is 0 Å². The predicted octanol–water partition coefficient (Wildman–Crippen LogP) is 1.31. The normalized spacial score (nSPS) is 28.2. The van der Waals surface area contributed by atoms with Crippen molar-refractivity contribution in [2.75, 3.05) is 53.0 Å². The summed E-state index contributed by atoms with van der Waals surface area (Å²) in [6.07, 6.45) is 3.49. The lowest BCUT2D eigenvalue weighted by Gasteiger charge is -2.37. The largest absolute Gasteiger partial charge is 0.383 e. The molecule has 2 saturated heterocycles. The Morgan fingerprint density at radius 1 is 1.38 bits per heavy atom. The van der Waals surface area contributed by atoms with Crippen LogP contribution in [0.25, 0.3) is 0 Å². The first-order chi connectivity index (χ1) is 10.3. The number of methoxy groups -OCH3 is 1. The molecule has 1 aromatic heterocycles. The third-order valence-electron chi connectivity index (χ3n) is 4.47. The molecule has 0 unspecified atom stereocenters.